The maximum Gasteiger partial charge on any atom is 0.116 e. The molecule has 10 heavy (non-hydrogen) atoms. The summed E-state index contributed by atoms with van der Waals surface area (Å²) in [6, 6.07) is 0. The lowest BCUT2D eigenvalue weighted by Gasteiger charge is -2.14. The quantitative estimate of drug-likeness (QED) is 0.545. The van der Waals surface area contributed by atoms with E-state index in [-0.39, 0.29) is 0 Å². The fraction of sp³-hybridized carbons (Fsp3) is 0.333. The van der Waals surface area contributed by atoms with Gasteiger partial charge < -0.3 is 0 Å². The zero-order valence-corrected chi connectivity index (χ0v) is 8.35. The fourth-order valence-electron chi connectivity index (χ4n) is 1.26. The minimum absolute atomic E-state index is 1.04. The average Bonchev–Trinajstić information content (AvgIpc) is 1.59. The summed E-state index contributed by atoms with van der Waals surface area (Å²) in [4.78, 5) is 0. The van der Waals surface area contributed by atoms with Gasteiger partial charge in [-0.2, -0.15) is 0 Å². The van der Waals surface area contributed by atoms with Gasteiger partial charge in [0.2, 0.25) is 0 Å². The first kappa shape index (κ1) is 9.44. The summed E-state index contributed by atoms with van der Waals surface area (Å²) in [6.45, 7) is 18.0. The minimum Gasteiger partial charge on any atom is -0.104 e. The van der Waals surface area contributed by atoms with E-state index in [1.807, 2.05) is 0 Å². The van der Waals surface area contributed by atoms with Crippen LogP contribution in [0, 0.1) is 0 Å². The first-order chi connectivity index (χ1) is 4.46. The van der Waals surface area contributed by atoms with Gasteiger partial charge >= 0.3 is 0 Å². The van der Waals surface area contributed by atoms with Gasteiger partial charge in [-0.1, -0.05) is 15.6 Å². The highest BCUT2D eigenvalue weighted by Crippen LogP contribution is 2.12. The number of rotatable bonds is 3. The molecule has 0 fully saturated rings. The zero-order valence-electron chi connectivity index (χ0n) is 7.20. The summed E-state index contributed by atoms with van der Waals surface area (Å²) >= 11 is 0. The highest BCUT2D eigenvalue weighted by Gasteiger charge is 2.11. The highest BCUT2D eigenvalue weighted by molar-refractivity contribution is 6.79. The topological polar surface area (TPSA) is 0 Å². The lowest BCUT2D eigenvalue weighted by Crippen LogP contribution is -2.17. The first-order valence-corrected chi connectivity index (χ1v) is 5.16. The predicted molar refractivity (Wildman–Crippen MR) is 51.6 cm³/mol. The van der Waals surface area contributed by atoms with Crippen LogP contribution in [-0.2, 0) is 0 Å². The summed E-state index contributed by atoms with van der Waals surface area (Å²) in [5.74, 6) is 0. The standard InChI is InChI=1S/C9H16Si/c1-7(2)10(8(3)4)9(5)6/h10H,1,3,5H2,2,4,6H3. The molecule has 0 rings (SSSR count). The molecule has 0 N–H and O–H groups in total. The van der Waals surface area contributed by atoms with Gasteiger partial charge in [0.05, 0.1) is 0 Å². The molecule has 0 heterocycles. The van der Waals surface area contributed by atoms with Crippen molar-refractivity contribution < 1.29 is 0 Å². The van der Waals surface area contributed by atoms with Crippen molar-refractivity contribution in [3.05, 3.63) is 35.3 Å². The third-order valence-corrected chi connectivity index (χ3v) is 4.44. The van der Waals surface area contributed by atoms with Crippen LogP contribution in [0.4, 0.5) is 0 Å². The molecule has 56 valence electrons. The second-order valence-electron chi connectivity index (χ2n) is 2.97. The monoisotopic (exact) mass is 152 g/mol. The first-order valence-electron chi connectivity index (χ1n) is 3.43. The Labute approximate surface area is 65.6 Å². The molecule has 0 bridgehead atoms. The Bertz CT molecular complexity index is 144. The third-order valence-electron chi connectivity index (χ3n) is 1.48. The second kappa shape index (κ2) is 3.57. The largest absolute Gasteiger partial charge is 0.116 e. The van der Waals surface area contributed by atoms with E-state index in [4.69, 9.17) is 0 Å². The molecule has 0 aliphatic carbocycles. The van der Waals surface area contributed by atoms with Gasteiger partial charge in [0.15, 0.2) is 0 Å². The van der Waals surface area contributed by atoms with Crippen LogP contribution in [0.5, 0.6) is 0 Å². The molecule has 0 amide bonds. The van der Waals surface area contributed by atoms with Crippen LogP contribution >= 0.6 is 0 Å². The maximum absolute atomic E-state index is 3.94. The molecule has 0 unspecified atom stereocenters. The van der Waals surface area contributed by atoms with Gasteiger partial charge in [-0.15, -0.1) is 19.7 Å². The van der Waals surface area contributed by atoms with Gasteiger partial charge in [-0.3, -0.25) is 0 Å². The summed E-state index contributed by atoms with van der Waals surface area (Å²) in [7, 11) is -1.04. The molecule has 0 radical (unpaired) electrons. The van der Waals surface area contributed by atoms with Gasteiger partial charge in [-0.25, -0.2) is 0 Å². The minimum atomic E-state index is -1.04. The lowest BCUT2D eigenvalue weighted by atomic mass is 10.7. The van der Waals surface area contributed by atoms with Gasteiger partial charge in [0.1, 0.15) is 8.80 Å². The van der Waals surface area contributed by atoms with Crippen molar-refractivity contribution in [2.45, 2.75) is 20.8 Å². The van der Waals surface area contributed by atoms with E-state index >= 15 is 0 Å². The van der Waals surface area contributed by atoms with E-state index in [0.717, 1.165) is 0 Å². The second-order valence-corrected chi connectivity index (χ2v) is 6.79. The third kappa shape index (κ3) is 2.36. The summed E-state index contributed by atoms with van der Waals surface area (Å²) in [5.41, 5.74) is 0. The van der Waals surface area contributed by atoms with E-state index in [1.54, 1.807) is 0 Å². The smallest absolute Gasteiger partial charge is 0.104 e. The van der Waals surface area contributed by atoms with Crippen LogP contribution in [-0.4, -0.2) is 8.80 Å². The molecule has 0 aromatic heterocycles. The van der Waals surface area contributed by atoms with E-state index in [9.17, 15) is 0 Å². The molecular formula is C9H16Si. The van der Waals surface area contributed by atoms with Crippen LogP contribution in [0.3, 0.4) is 0 Å². The molecule has 1 heteroatoms. The van der Waals surface area contributed by atoms with Crippen LogP contribution in [0.25, 0.3) is 0 Å². The van der Waals surface area contributed by atoms with Crippen molar-refractivity contribution in [1.82, 2.24) is 0 Å². The van der Waals surface area contributed by atoms with Crippen molar-refractivity contribution >= 4 is 8.80 Å². The molecule has 0 spiro atoms. The molecular weight excluding hydrogens is 136 g/mol. The van der Waals surface area contributed by atoms with Crippen LogP contribution in [0.2, 0.25) is 0 Å². The Hall–Kier alpha value is -0.563. The Morgan fingerprint density at radius 1 is 0.800 bits per heavy atom. The summed E-state index contributed by atoms with van der Waals surface area (Å²) < 4.78 is 0. The Balaban J connectivity index is 4.43. The van der Waals surface area contributed by atoms with Crippen molar-refractivity contribution in [2.24, 2.45) is 0 Å². The Morgan fingerprint density at radius 2 is 1.00 bits per heavy atom. The molecule has 0 saturated heterocycles. The summed E-state index contributed by atoms with van der Waals surface area (Å²) in [5, 5.41) is 3.79. The van der Waals surface area contributed by atoms with Crippen molar-refractivity contribution in [3.8, 4) is 0 Å². The number of hydrogen-bond acceptors (Lipinski definition) is 0. The molecule has 0 atom stereocenters. The number of hydrogen-bond donors (Lipinski definition) is 0. The van der Waals surface area contributed by atoms with E-state index in [0.29, 0.717) is 0 Å². The van der Waals surface area contributed by atoms with Crippen molar-refractivity contribution in [1.29, 1.82) is 0 Å². The van der Waals surface area contributed by atoms with Crippen LogP contribution in [0.15, 0.2) is 35.3 Å². The molecule has 0 nitrogen and oxygen atoms in total. The van der Waals surface area contributed by atoms with Gasteiger partial charge in [0.25, 0.3) is 0 Å². The Kier molecular flexibility index (Phi) is 3.37. The molecule has 0 aromatic carbocycles. The predicted octanol–water partition coefficient (Wildman–Crippen LogP) is 2.56. The number of allylic oxidation sites excluding steroid dienone is 3. The molecule has 0 aliphatic rings. The maximum atomic E-state index is 3.94. The normalized spacial score (nSPS) is 9.60. The molecule has 0 aliphatic heterocycles. The highest BCUT2D eigenvalue weighted by atomic mass is 28.3. The molecule has 0 aromatic rings. The van der Waals surface area contributed by atoms with E-state index in [1.165, 1.54) is 15.6 Å². The van der Waals surface area contributed by atoms with Gasteiger partial charge in [0, 0.05) is 0 Å². The van der Waals surface area contributed by atoms with Crippen LogP contribution < -0.4 is 0 Å². The lowest BCUT2D eigenvalue weighted by molar-refractivity contribution is 1.53. The van der Waals surface area contributed by atoms with Crippen molar-refractivity contribution in [3.63, 3.8) is 0 Å². The van der Waals surface area contributed by atoms with Crippen LogP contribution in [0.1, 0.15) is 20.8 Å². The fourth-order valence-corrected chi connectivity index (χ4v) is 3.79. The van der Waals surface area contributed by atoms with E-state index in [2.05, 4.69) is 40.5 Å². The average molecular weight is 152 g/mol. The Morgan fingerprint density at radius 3 is 1.00 bits per heavy atom. The SMILES string of the molecule is C=C(C)[SiH](C(=C)C)C(=C)C. The van der Waals surface area contributed by atoms with Crippen molar-refractivity contribution in [2.75, 3.05) is 0 Å². The zero-order chi connectivity index (χ0) is 8.31. The van der Waals surface area contributed by atoms with E-state index < -0.39 is 8.80 Å². The summed E-state index contributed by atoms with van der Waals surface area (Å²) in [6.07, 6.45) is 0. The molecule has 0 saturated carbocycles. The van der Waals surface area contributed by atoms with Gasteiger partial charge in [-0.05, 0) is 20.8 Å².